The van der Waals surface area contributed by atoms with Gasteiger partial charge in [0.2, 0.25) is 11.8 Å². The number of fused-ring (bicyclic) bond motifs is 2. The summed E-state index contributed by atoms with van der Waals surface area (Å²) in [6.45, 7) is 15.9. The summed E-state index contributed by atoms with van der Waals surface area (Å²) in [5.41, 5.74) is 8.91. The number of piperidine rings is 2. The first kappa shape index (κ1) is 48.9. The standard InChI is InChI=1S/C53H72N10O8/c1-32(2)49(51(66)62-31-37(64)23-44(62)52(67)70-53(3,4)5)46-27-47(58-71-46)60-20-13-33(14-21-60)28-59-18-15-38(16-19-59)68-39-24-40(25-39)69-48-22-34(12-17-55-48)63-35-10-11-36(63)30-61(29-35)43-26-42(56-57-50(43)54)41-8-6-7-9-45(41)65/h6-9,12,17,22,26-27,32-33,35-40,44,49,64-65H,10-11,13-16,18-21,23-25,28-31H2,1-5H3,(H2,54,57)/t35?,36?,37-,39-,40-,44?,49-/m1/s1. The molecule has 4 aromatic rings. The van der Waals surface area contributed by atoms with E-state index in [1.807, 2.05) is 44.3 Å². The van der Waals surface area contributed by atoms with Gasteiger partial charge in [0, 0.05) is 113 Å². The number of aliphatic hydroxyl groups excluding tert-OH is 1. The number of hydrogen-bond donors (Lipinski definition) is 3. The molecule has 10 rings (SSSR count). The maximum absolute atomic E-state index is 14.0. The Morgan fingerprint density at radius 1 is 0.859 bits per heavy atom. The van der Waals surface area contributed by atoms with Crippen molar-refractivity contribution in [2.45, 2.75) is 146 Å². The van der Waals surface area contributed by atoms with Crippen LogP contribution < -0.4 is 25.2 Å². The summed E-state index contributed by atoms with van der Waals surface area (Å²) in [6, 6.07) is 14.9. The highest BCUT2D eigenvalue weighted by Crippen LogP contribution is 2.41. The van der Waals surface area contributed by atoms with Crippen LogP contribution in [-0.2, 0) is 19.1 Å². The minimum absolute atomic E-state index is 0.0790. The van der Waals surface area contributed by atoms with E-state index in [0.29, 0.717) is 46.7 Å². The molecule has 1 amide bonds. The Kier molecular flexibility index (Phi) is 14.1. The van der Waals surface area contributed by atoms with Gasteiger partial charge in [-0.1, -0.05) is 31.1 Å². The normalized spacial score (nSPS) is 26.0. The SMILES string of the molecule is CC(C)[C@@H](C(=O)N1C[C@H](O)CC1C(=O)OC(C)(C)C)c1cc(N2CCC(CN3CCC(O[C@H]4C[C@H](Oc5cc(N6C7CCC6CN(c6cc(-c8ccccc8O)nnc6N)C7)ccn5)C4)CC3)CC2)no1. The van der Waals surface area contributed by atoms with E-state index in [9.17, 15) is 19.8 Å². The number of pyridine rings is 1. The van der Waals surface area contributed by atoms with Crippen molar-refractivity contribution in [1.29, 1.82) is 0 Å². The van der Waals surface area contributed by atoms with E-state index >= 15 is 0 Å². The van der Waals surface area contributed by atoms with E-state index in [-0.39, 0.29) is 48.9 Å². The number of benzene rings is 1. The number of aromatic nitrogens is 4. The highest BCUT2D eigenvalue weighted by atomic mass is 16.6. The third kappa shape index (κ3) is 10.9. The largest absolute Gasteiger partial charge is 0.507 e. The molecule has 18 heteroatoms. The van der Waals surface area contributed by atoms with Crippen molar-refractivity contribution in [2.75, 3.05) is 72.8 Å². The highest BCUT2D eigenvalue weighted by molar-refractivity contribution is 5.89. The summed E-state index contributed by atoms with van der Waals surface area (Å²) in [6.07, 6.45) is 9.88. The fourth-order valence-electron chi connectivity index (χ4n) is 11.9. The third-order valence-corrected chi connectivity index (χ3v) is 15.5. The van der Waals surface area contributed by atoms with Crippen LogP contribution in [0.15, 0.2) is 59.3 Å². The van der Waals surface area contributed by atoms with Crippen LogP contribution in [0, 0.1) is 11.8 Å². The molecular formula is C53H72N10O8. The van der Waals surface area contributed by atoms with Gasteiger partial charge in [0.1, 0.15) is 29.4 Å². The van der Waals surface area contributed by atoms with Gasteiger partial charge in [-0.2, -0.15) is 0 Å². The number of aromatic hydroxyl groups is 1. The van der Waals surface area contributed by atoms with E-state index in [1.165, 1.54) is 4.90 Å². The van der Waals surface area contributed by atoms with E-state index in [2.05, 4.69) is 52.1 Å². The first-order chi connectivity index (χ1) is 34.1. The summed E-state index contributed by atoms with van der Waals surface area (Å²) >= 11 is 0. The predicted octanol–water partition coefficient (Wildman–Crippen LogP) is 6.02. The van der Waals surface area contributed by atoms with Crippen LogP contribution in [0.1, 0.15) is 104 Å². The second-order valence-electron chi connectivity index (χ2n) is 22.2. The monoisotopic (exact) mass is 977 g/mol. The number of piperazine rings is 1. The minimum Gasteiger partial charge on any atom is -0.507 e. The summed E-state index contributed by atoms with van der Waals surface area (Å²) < 4.78 is 24.5. The molecule has 0 radical (unpaired) electrons. The summed E-state index contributed by atoms with van der Waals surface area (Å²) in [7, 11) is 0. The van der Waals surface area contributed by atoms with Gasteiger partial charge in [-0.05, 0) is 95.4 Å². The first-order valence-corrected chi connectivity index (χ1v) is 26.0. The molecule has 2 bridgehead atoms. The van der Waals surface area contributed by atoms with Crippen LogP contribution in [0.5, 0.6) is 11.6 Å². The molecule has 5 aliphatic heterocycles. The third-order valence-electron chi connectivity index (χ3n) is 15.5. The molecule has 0 spiro atoms. The van der Waals surface area contributed by atoms with Crippen LogP contribution in [0.2, 0.25) is 0 Å². The van der Waals surface area contributed by atoms with E-state index in [1.54, 1.807) is 32.9 Å². The molecule has 382 valence electrons. The Labute approximate surface area is 416 Å². The zero-order valence-corrected chi connectivity index (χ0v) is 41.9. The number of hydrogen-bond acceptors (Lipinski definition) is 17. The van der Waals surface area contributed by atoms with Crippen molar-refractivity contribution in [3.63, 3.8) is 0 Å². The summed E-state index contributed by atoms with van der Waals surface area (Å²) in [4.78, 5) is 42.9. The van der Waals surface area contributed by atoms with Gasteiger partial charge in [0.25, 0.3) is 0 Å². The number of carbonyl (C=O) groups excluding carboxylic acids is 2. The van der Waals surface area contributed by atoms with Gasteiger partial charge in [-0.25, -0.2) is 9.78 Å². The number of β-amino-alcohol motifs (C(OH)–C–C–N with tert-alkyl or cyclic N) is 1. The van der Waals surface area contributed by atoms with Crippen molar-refractivity contribution in [3.8, 4) is 22.9 Å². The van der Waals surface area contributed by atoms with Gasteiger partial charge < -0.3 is 59.2 Å². The molecule has 6 fully saturated rings. The molecular weight excluding hydrogens is 905 g/mol. The molecule has 71 heavy (non-hydrogen) atoms. The number of para-hydroxylation sites is 1. The topological polar surface area (TPSA) is 209 Å². The van der Waals surface area contributed by atoms with Gasteiger partial charge in [-0.3, -0.25) is 4.79 Å². The molecule has 8 heterocycles. The highest BCUT2D eigenvalue weighted by Gasteiger charge is 2.46. The number of ether oxygens (including phenoxy) is 3. The lowest BCUT2D eigenvalue weighted by molar-refractivity contribution is -0.163. The molecule has 6 aliphatic rings. The molecule has 5 atom stereocenters. The lowest BCUT2D eigenvalue weighted by Gasteiger charge is -2.43. The maximum atomic E-state index is 14.0. The molecule has 5 saturated heterocycles. The number of phenols is 1. The second kappa shape index (κ2) is 20.4. The number of phenolic OH excluding ortho intramolecular Hbond substituents is 1. The van der Waals surface area contributed by atoms with Crippen molar-refractivity contribution in [2.24, 2.45) is 11.8 Å². The van der Waals surface area contributed by atoms with Gasteiger partial charge >= 0.3 is 5.97 Å². The Morgan fingerprint density at radius 3 is 2.30 bits per heavy atom. The van der Waals surface area contributed by atoms with Gasteiger partial charge in [0.15, 0.2) is 17.4 Å². The second-order valence-corrected chi connectivity index (χ2v) is 22.2. The number of nitrogens with two attached hydrogens (primary N) is 1. The van der Waals surface area contributed by atoms with E-state index < -0.39 is 29.6 Å². The average molecular weight is 977 g/mol. The van der Waals surface area contributed by atoms with Crippen molar-refractivity contribution in [3.05, 3.63) is 60.5 Å². The van der Waals surface area contributed by atoms with Crippen LogP contribution in [0.3, 0.4) is 0 Å². The average Bonchev–Trinajstić information content (AvgIpc) is 4.04. The molecule has 1 aliphatic carbocycles. The fraction of sp³-hybridized carbons (Fsp3) is 0.623. The number of esters is 1. The Hall–Kier alpha value is -5.72. The Balaban J connectivity index is 0.642. The maximum Gasteiger partial charge on any atom is 0.329 e. The Morgan fingerprint density at radius 2 is 1.59 bits per heavy atom. The lowest BCUT2D eigenvalue weighted by atomic mass is 9.91. The summed E-state index contributed by atoms with van der Waals surface area (Å²) in [5.74, 6) is 1.52. The van der Waals surface area contributed by atoms with E-state index in [0.717, 1.165) is 114 Å². The molecule has 4 N–H and O–H groups in total. The zero-order chi connectivity index (χ0) is 49.6. The zero-order valence-electron chi connectivity index (χ0n) is 41.9. The number of carbonyl (C=O) groups is 2. The van der Waals surface area contributed by atoms with Crippen LogP contribution in [-0.4, -0.2) is 153 Å². The molecule has 3 aromatic heterocycles. The van der Waals surface area contributed by atoms with Crippen LogP contribution >= 0.6 is 0 Å². The minimum atomic E-state index is -0.840. The van der Waals surface area contributed by atoms with Crippen LogP contribution in [0.4, 0.5) is 23.0 Å². The number of nitrogen functional groups attached to an aromatic ring is 1. The molecule has 18 nitrogen and oxygen atoms in total. The van der Waals surface area contributed by atoms with Crippen LogP contribution in [0.25, 0.3) is 11.3 Å². The molecule has 3 unspecified atom stereocenters. The number of rotatable bonds is 14. The van der Waals surface area contributed by atoms with Crippen molar-refractivity contribution >= 4 is 34.9 Å². The summed E-state index contributed by atoms with van der Waals surface area (Å²) in [5, 5.41) is 33.9. The van der Waals surface area contributed by atoms with Gasteiger partial charge in [-0.15, -0.1) is 10.2 Å². The van der Waals surface area contributed by atoms with Crippen molar-refractivity contribution < 1.29 is 38.5 Å². The number of amides is 1. The number of likely N-dealkylation sites (tertiary alicyclic amines) is 2. The van der Waals surface area contributed by atoms with E-state index in [4.69, 9.17) is 24.5 Å². The number of aliphatic hydroxyl groups is 1. The smallest absolute Gasteiger partial charge is 0.329 e. The fourth-order valence-corrected chi connectivity index (χ4v) is 11.9. The quantitative estimate of drug-likeness (QED) is 0.123. The van der Waals surface area contributed by atoms with Crippen molar-refractivity contribution in [1.82, 2.24) is 30.1 Å². The predicted molar refractivity (Wildman–Crippen MR) is 268 cm³/mol. The first-order valence-electron chi connectivity index (χ1n) is 26.0. The lowest BCUT2D eigenvalue weighted by Crippen LogP contribution is -2.54. The molecule has 1 saturated carbocycles. The number of nitrogens with zero attached hydrogens (tertiary/aromatic N) is 9. The molecule has 1 aromatic carbocycles. The number of anilines is 4. The Bertz CT molecular complexity index is 2480. The van der Waals surface area contributed by atoms with Gasteiger partial charge in [0.05, 0.1) is 29.7 Å².